The van der Waals surface area contributed by atoms with Crippen LogP contribution >= 0.6 is 0 Å². The van der Waals surface area contributed by atoms with Gasteiger partial charge in [-0.1, -0.05) is 12.8 Å². The van der Waals surface area contributed by atoms with Gasteiger partial charge in [0.1, 0.15) is 15.9 Å². The van der Waals surface area contributed by atoms with Crippen molar-refractivity contribution in [3.8, 4) is 0 Å². The van der Waals surface area contributed by atoms with E-state index in [1.165, 1.54) is 12.8 Å². The number of carbonyl (C=O) groups is 1. The third kappa shape index (κ3) is 6.02. The summed E-state index contributed by atoms with van der Waals surface area (Å²) in [6, 6.07) is -0.828. The largest absolute Gasteiger partial charge is 0.464 e. The van der Waals surface area contributed by atoms with Crippen molar-refractivity contribution in [2.45, 2.75) is 38.1 Å². The Balaban J connectivity index is 2.21. The van der Waals surface area contributed by atoms with E-state index in [1.54, 1.807) is 0 Å². The second kappa shape index (κ2) is 6.35. The van der Waals surface area contributed by atoms with Crippen LogP contribution in [-0.2, 0) is 19.4 Å². The number of hydrogen-bond acceptors (Lipinski definition) is 5. The number of nitrogens with two attached hydrogens (primary N) is 1. The van der Waals surface area contributed by atoms with Crippen molar-refractivity contribution in [2.24, 2.45) is 11.7 Å². The van der Waals surface area contributed by atoms with Gasteiger partial charge in [-0.3, -0.25) is 4.79 Å². The van der Waals surface area contributed by atoms with Crippen LogP contribution in [0, 0.1) is 5.92 Å². The molecule has 6 heteroatoms. The number of esters is 1. The molecule has 5 nitrogen and oxygen atoms in total. The van der Waals surface area contributed by atoms with Crippen molar-refractivity contribution in [2.75, 3.05) is 18.6 Å². The Morgan fingerprint density at radius 3 is 2.53 bits per heavy atom. The van der Waals surface area contributed by atoms with Crippen LogP contribution in [0.1, 0.15) is 32.1 Å². The molecule has 0 spiro atoms. The van der Waals surface area contributed by atoms with Gasteiger partial charge >= 0.3 is 5.97 Å². The van der Waals surface area contributed by atoms with Crippen LogP contribution in [0.3, 0.4) is 0 Å². The minimum atomic E-state index is -3.07. The molecule has 100 valence electrons. The van der Waals surface area contributed by atoms with Gasteiger partial charge in [0, 0.05) is 6.26 Å². The van der Waals surface area contributed by atoms with Gasteiger partial charge < -0.3 is 10.5 Å². The van der Waals surface area contributed by atoms with Crippen molar-refractivity contribution >= 4 is 15.8 Å². The standard InChI is InChI=1S/C11H21NO4S/c1-17(14,15)7-6-10(12)11(13)16-8-9-4-2-3-5-9/h9-10H,2-8,12H2,1H3. The summed E-state index contributed by atoms with van der Waals surface area (Å²) in [7, 11) is -3.07. The van der Waals surface area contributed by atoms with Crippen LogP contribution in [0.4, 0.5) is 0 Å². The highest BCUT2D eigenvalue weighted by Crippen LogP contribution is 2.24. The van der Waals surface area contributed by atoms with Gasteiger partial charge in [0.15, 0.2) is 0 Å². The monoisotopic (exact) mass is 263 g/mol. The summed E-state index contributed by atoms with van der Waals surface area (Å²) in [6.07, 6.45) is 5.86. The quantitative estimate of drug-likeness (QED) is 0.704. The van der Waals surface area contributed by atoms with Crippen LogP contribution in [0.25, 0.3) is 0 Å². The smallest absolute Gasteiger partial charge is 0.322 e. The fourth-order valence-electron chi connectivity index (χ4n) is 1.94. The fourth-order valence-corrected chi connectivity index (χ4v) is 2.63. The molecule has 0 amide bonds. The van der Waals surface area contributed by atoms with Crippen molar-refractivity contribution in [3.63, 3.8) is 0 Å². The normalized spacial score (nSPS) is 19.2. The second-order valence-corrected chi connectivity index (χ2v) is 7.07. The lowest BCUT2D eigenvalue weighted by Crippen LogP contribution is -2.34. The average molecular weight is 263 g/mol. The minimum absolute atomic E-state index is 0.0767. The van der Waals surface area contributed by atoms with E-state index < -0.39 is 21.8 Å². The molecule has 1 aliphatic carbocycles. The molecule has 0 bridgehead atoms. The Morgan fingerprint density at radius 2 is 2.00 bits per heavy atom. The van der Waals surface area contributed by atoms with Gasteiger partial charge in [-0.2, -0.15) is 0 Å². The maximum atomic E-state index is 11.5. The first kappa shape index (κ1) is 14.4. The third-order valence-corrected chi connectivity index (χ3v) is 4.02. The lowest BCUT2D eigenvalue weighted by atomic mass is 10.1. The zero-order chi connectivity index (χ0) is 12.9. The van der Waals surface area contributed by atoms with Gasteiger partial charge in [0.05, 0.1) is 12.4 Å². The number of rotatable bonds is 6. The van der Waals surface area contributed by atoms with Crippen LogP contribution in [-0.4, -0.2) is 39.0 Å². The molecule has 0 aromatic rings. The average Bonchev–Trinajstić information content (AvgIpc) is 2.74. The summed E-state index contributed by atoms with van der Waals surface area (Å²) in [4.78, 5) is 11.5. The summed E-state index contributed by atoms with van der Waals surface area (Å²) >= 11 is 0. The topological polar surface area (TPSA) is 86.5 Å². The molecule has 1 fully saturated rings. The Kier molecular flexibility index (Phi) is 5.39. The van der Waals surface area contributed by atoms with E-state index in [0.29, 0.717) is 12.5 Å². The molecule has 1 unspecified atom stereocenters. The minimum Gasteiger partial charge on any atom is -0.464 e. The Morgan fingerprint density at radius 1 is 1.41 bits per heavy atom. The molecule has 2 N–H and O–H groups in total. The van der Waals surface area contributed by atoms with E-state index in [2.05, 4.69) is 0 Å². The number of sulfone groups is 1. The van der Waals surface area contributed by atoms with Crippen LogP contribution in [0.2, 0.25) is 0 Å². The van der Waals surface area contributed by atoms with E-state index >= 15 is 0 Å². The first-order valence-corrected chi connectivity index (χ1v) is 8.04. The Hall–Kier alpha value is -0.620. The molecule has 17 heavy (non-hydrogen) atoms. The first-order valence-electron chi connectivity index (χ1n) is 5.98. The molecule has 1 rings (SSSR count). The van der Waals surface area contributed by atoms with Gasteiger partial charge in [-0.05, 0) is 25.2 Å². The van der Waals surface area contributed by atoms with E-state index in [0.717, 1.165) is 19.1 Å². The number of hydrogen-bond donors (Lipinski definition) is 1. The van der Waals surface area contributed by atoms with Crippen molar-refractivity contribution in [3.05, 3.63) is 0 Å². The van der Waals surface area contributed by atoms with E-state index in [4.69, 9.17) is 10.5 Å². The van der Waals surface area contributed by atoms with Crippen molar-refractivity contribution in [1.82, 2.24) is 0 Å². The first-order chi connectivity index (χ1) is 7.88. The maximum absolute atomic E-state index is 11.5. The molecule has 0 aromatic heterocycles. The SMILES string of the molecule is CS(=O)(=O)CCC(N)C(=O)OCC1CCCC1. The molecular weight excluding hydrogens is 242 g/mol. The maximum Gasteiger partial charge on any atom is 0.322 e. The zero-order valence-corrected chi connectivity index (χ0v) is 11.0. The second-order valence-electron chi connectivity index (χ2n) is 4.81. The third-order valence-electron chi connectivity index (χ3n) is 3.04. The summed E-state index contributed by atoms with van der Waals surface area (Å²) < 4.78 is 26.9. The van der Waals surface area contributed by atoms with Crippen molar-refractivity contribution < 1.29 is 17.9 Å². The van der Waals surface area contributed by atoms with Gasteiger partial charge in [0.2, 0.25) is 0 Å². The number of ether oxygens (including phenoxy) is 1. The molecule has 1 aliphatic rings. The predicted molar refractivity (Wildman–Crippen MR) is 65.2 cm³/mol. The number of carbonyl (C=O) groups excluding carboxylic acids is 1. The van der Waals surface area contributed by atoms with Crippen LogP contribution in [0.15, 0.2) is 0 Å². The van der Waals surface area contributed by atoms with Crippen LogP contribution in [0.5, 0.6) is 0 Å². The van der Waals surface area contributed by atoms with Gasteiger partial charge in [-0.15, -0.1) is 0 Å². The molecule has 0 heterocycles. The highest BCUT2D eigenvalue weighted by atomic mass is 32.2. The Labute approximate surface area is 103 Å². The van der Waals surface area contributed by atoms with Gasteiger partial charge in [-0.25, -0.2) is 8.42 Å². The zero-order valence-electron chi connectivity index (χ0n) is 10.2. The molecule has 0 aromatic carbocycles. The summed E-state index contributed by atoms with van der Waals surface area (Å²) in [5, 5.41) is 0. The summed E-state index contributed by atoms with van der Waals surface area (Å²) in [5.74, 6) is -0.103. The van der Waals surface area contributed by atoms with E-state index in [1.807, 2.05) is 0 Å². The molecular formula is C11H21NO4S. The predicted octanol–water partition coefficient (Wildman–Crippen LogP) is 0.482. The fraction of sp³-hybridized carbons (Fsp3) is 0.909. The molecule has 1 atom stereocenters. The molecule has 0 saturated heterocycles. The summed E-state index contributed by atoms with van der Waals surface area (Å²) in [6.45, 7) is 0.422. The van der Waals surface area contributed by atoms with E-state index in [-0.39, 0.29) is 12.2 Å². The van der Waals surface area contributed by atoms with Crippen molar-refractivity contribution in [1.29, 1.82) is 0 Å². The highest BCUT2D eigenvalue weighted by Gasteiger charge is 2.21. The Bertz CT molecular complexity index is 346. The van der Waals surface area contributed by atoms with Crippen LogP contribution < -0.4 is 5.73 Å². The summed E-state index contributed by atoms with van der Waals surface area (Å²) in [5.41, 5.74) is 5.57. The lowest BCUT2D eigenvalue weighted by Gasteiger charge is -2.13. The van der Waals surface area contributed by atoms with E-state index in [9.17, 15) is 13.2 Å². The highest BCUT2D eigenvalue weighted by molar-refractivity contribution is 7.90. The molecule has 1 saturated carbocycles. The van der Waals surface area contributed by atoms with Gasteiger partial charge in [0.25, 0.3) is 0 Å². The lowest BCUT2D eigenvalue weighted by molar-refractivity contribution is -0.146. The molecule has 0 aliphatic heterocycles. The molecule has 0 radical (unpaired) electrons.